The van der Waals surface area contributed by atoms with E-state index in [-0.39, 0.29) is 28.9 Å². The highest BCUT2D eigenvalue weighted by atomic mass is 16.5. The van der Waals surface area contributed by atoms with Gasteiger partial charge in [0.15, 0.2) is 23.0 Å². The second-order valence-electron chi connectivity index (χ2n) is 4.44. The third-order valence-corrected chi connectivity index (χ3v) is 3.42. The van der Waals surface area contributed by atoms with Gasteiger partial charge in [0.1, 0.15) is 5.75 Å². The fraction of sp³-hybridized carbons (Fsp3) is 0.286. The van der Waals surface area contributed by atoms with E-state index in [4.69, 9.17) is 4.74 Å². The molecule has 0 saturated carbocycles. The summed E-state index contributed by atoms with van der Waals surface area (Å²) in [5.41, 5.74) is -0.645. The van der Waals surface area contributed by atoms with Crippen molar-refractivity contribution in [3.63, 3.8) is 0 Å². The zero-order valence-corrected chi connectivity index (χ0v) is 11.3. The first-order valence-corrected chi connectivity index (χ1v) is 6.00. The van der Waals surface area contributed by atoms with Gasteiger partial charge >= 0.3 is 0 Å². The minimum atomic E-state index is -0.745. The van der Waals surface area contributed by atoms with Crippen molar-refractivity contribution in [3.8, 4) is 17.2 Å². The monoisotopic (exact) mass is 278 g/mol. The van der Waals surface area contributed by atoms with Gasteiger partial charge in [-0.05, 0) is 13.3 Å². The Balaban J connectivity index is 2.91. The molecule has 1 aliphatic rings. The van der Waals surface area contributed by atoms with Crippen molar-refractivity contribution >= 4 is 11.6 Å². The standard InChI is InChI=1S/C14H14O6/c1-4-6-10(16)7-8(12(18)11(6)17)13(19)14(20-3)5(2)9(7)15/h16-18H,4H2,1-3H3. The SMILES string of the molecule is CCc1c(O)c(O)c2c(c1O)C(=O)C(C)=C(OC)C2=O. The molecule has 6 heteroatoms. The molecular formula is C14H14O6. The second kappa shape index (κ2) is 4.56. The van der Waals surface area contributed by atoms with Gasteiger partial charge in [0.2, 0.25) is 5.78 Å². The number of carbonyl (C=O) groups excluding carboxylic acids is 2. The van der Waals surface area contributed by atoms with Crippen LogP contribution in [0.4, 0.5) is 0 Å². The number of benzene rings is 1. The predicted molar refractivity (Wildman–Crippen MR) is 69.2 cm³/mol. The van der Waals surface area contributed by atoms with Crippen LogP contribution >= 0.6 is 0 Å². The number of ether oxygens (including phenoxy) is 1. The molecule has 3 N–H and O–H groups in total. The lowest BCUT2D eigenvalue weighted by molar-refractivity contribution is 0.0900. The number of methoxy groups -OCH3 is 1. The number of carbonyl (C=O) groups is 2. The number of rotatable bonds is 2. The zero-order valence-electron chi connectivity index (χ0n) is 11.3. The Kier molecular flexibility index (Phi) is 3.17. The minimum Gasteiger partial charge on any atom is -0.507 e. The number of Topliss-reactive ketones (excluding diaryl/α,β-unsaturated/α-hetero) is 2. The summed E-state index contributed by atoms with van der Waals surface area (Å²) in [5, 5.41) is 29.9. The average molecular weight is 278 g/mol. The molecule has 0 unspecified atom stereocenters. The summed E-state index contributed by atoms with van der Waals surface area (Å²) in [6.45, 7) is 3.04. The maximum Gasteiger partial charge on any atom is 0.232 e. The fourth-order valence-corrected chi connectivity index (χ4v) is 2.36. The van der Waals surface area contributed by atoms with Gasteiger partial charge in [-0.25, -0.2) is 0 Å². The number of fused-ring (bicyclic) bond motifs is 1. The molecule has 0 saturated heterocycles. The molecule has 0 radical (unpaired) electrons. The Labute approximate surface area is 114 Å². The largest absolute Gasteiger partial charge is 0.507 e. The zero-order chi connectivity index (χ0) is 15.2. The molecule has 2 rings (SSSR count). The van der Waals surface area contributed by atoms with Gasteiger partial charge < -0.3 is 20.1 Å². The summed E-state index contributed by atoms with van der Waals surface area (Å²) in [4.78, 5) is 24.5. The highest BCUT2D eigenvalue weighted by Gasteiger charge is 2.38. The highest BCUT2D eigenvalue weighted by molar-refractivity contribution is 6.28. The van der Waals surface area contributed by atoms with Crippen LogP contribution < -0.4 is 0 Å². The van der Waals surface area contributed by atoms with Crippen LogP contribution in [-0.4, -0.2) is 34.0 Å². The third-order valence-electron chi connectivity index (χ3n) is 3.42. The summed E-state index contributed by atoms with van der Waals surface area (Å²) < 4.78 is 4.87. The molecule has 0 aliphatic heterocycles. The van der Waals surface area contributed by atoms with Gasteiger partial charge in [0.25, 0.3) is 0 Å². The molecule has 0 heterocycles. The van der Waals surface area contributed by atoms with Gasteiger partial charge in [-0.2, -0.15) is 0 Å². The molecule has 106 valence electrons. The number of phenols is 3. The van der Waals surface area contributed by atoms with Crippen molar-refractivity contribution in [2.75, 3.05) is 7.11 Å². The number of aromatic hydroxyl groups is 3. The van der Waals surface area contributed by atoms with Crippen molar-refractivity contribution in [2.24, 2.45) is 0 Å². The molecule has 1 aromatic carbocycles. The highest BCUT2D eigenvalue weighted by Crippen LogP contribution is 2.46. The first kappa shape index (κ1) is 13.9. The van der Waals surface area contributed by atoms with Crippen LogP contribution in [0.1, 0.15) is 40.1 Å². The van der Waals surface area contributed by atoms with E-state index in [0.29, 0.717) is 0 Å². The molecule has 6 nitrogen and oxygen atoms in total. The summed E-state index contributed by atoms with van der Waals surface area (Å²) in [5.74, 6) is -3.36. The van der Waals surface area contributed by atoms with Crippen LogP contribution in [-0.2, 0) is 11.2 Å². The summed E-state index contributed by atoms with van der Waals surface area (Å²) >= 11 is 0. The third kappa shape index (κ3) is 1.57. The molecule has 20 heavy (non-hydrogen) atoms. The lowest BCUT2D eigenvalue weighted by Crippen LogP contribution is -2.22. The predicted octanol–water partition coefficient (Wildman–Crippen LogP) is 1.67. The van der Waals surface area contributed by atoms with Crippen LogP contribution in [0.3, 0.4) is 0 Å². The van der Waals surface area contributed by atoms with E-state index in [1.807, 2.05) is 0 Å². The van der Waals surface area contributed by atoms with Crippen molar-refractivity contribution in [1.82, 2.24) is 0 Å². The van der Waals surface area contributed by atoms with Crippen molar-refractivity contribution in [1.29, 1.82) is 0 Å². The van der Waals surface area contributed by atoms with E-state index < -0.39 is 34.4 Å². The van der Waals surface area contributed by atoms with Crippen LogP contribution in [0.5, 0.6) is 17.2 Å². The molecule has 0 aromatic heterocycles. The maximum atomic E-state index is 12.2. The molecule has 0 fully saturated rings. The Morgan fingerprint density at radius 1 is 0.950 bits per heavy atom. The van der Waals surface area contributed by atoms with Gasteiger partial charge in [-0.15, -0.1) is 0 Å². The Bertz CT molecular complexity index is 669. The van der Waals surface area contributed by atoms with E-state index in [2.05, 4.69) is 0 Å². The average Bonchev–Trinajstić information content (AvgIpc) is 2.41. The van der Waals surface area contributed by atoms with Gasteiger partial charge in [-0.3, -0.25) is 9.59 Å². The Hall–Kier alpha value is -2.50. The number of ketones is 2. The second-order valence-corrected chi connectivity index (χ2v) is 4.44. The summed E-state index contributed by atoms with van der Waals surface area (Å²) in [6, 6.07) is 0. The van der Waals surface area contributed by atoms with Crippen LogP contribution in [0, 0.1) is 0 Å². The first-order valence-electron chi connectivity index (χ1n) is 6.00. The minimum absolute atomic E-state index is 0.0241. The van der Waals surface area contributed by atoms with Gasteiger partial charge in [-0.1, -0.05) is 6.92 Å². The van der Waals surface area contributed by atoms with E-state index >= 15 is 0 Å². The van der Waals surface area contributed by atoms with Crippen LogP contribution in [0.15, 0.2) is 11.3 Å². The normalized spacial score (nSPS) is 14.6. The topological polar surface area (TPSA) is 104 Å². The number of allylic oxidation sites excluding steroid dienone is 2. The number of hydrogen-bond acceptors (Lipinski definition) is 6. The van der Waals surface area contributed by atoms with E-state index in [0.717, 1.165) is 0 Å². The Morgan fingerprint density at radius 3 is 2.00 bits per heavy atom. The van der Waals surface area contributed by atoms with Crippen molar-refractivity contribution in [3.05, 3.63) is 28.0 Å². The Morgan fingerprint density at radius 2 is 1.50 bits per heavy atom. The number of hydrogen-bond donors (Lipinski definition) is 3. The van der Waals surface area contributed by atoms with Gasteiger partial charge in [0.05, 0.1) is 18.2 Å². The van der Waals surface area contributed by atoms with Crippen LogP contribution in [0.2, 0.25) is 0 Å². The van der Waals surface area contributed by atoms with E-state index in [9.17, 15) is 24.9 Å². The quantitative estimate of drug-likeness (QED) is 0.561. The lowest BCUT2D eigenvalue weighted by Gasteiger charge is -2.22. The fourth-order valence-electron chi connectivity index (χ4n) is 2.36. The van der Waals surface area contributed by atoms with Crippen molar-refractivity contribution < 1.29 is 29.6 Å². The number of phenolic OH excluding ortho intramolecular Hbond substituents is 3. The summed E-state index contributed by atoms with van der Waals surface area (Å²) in [7, 11) is 1.23. The maximum absolute atomic E-state index is 12.2. The molecule has 0 amide bonds. The molecule has 0 spiro atoms. The van der Waals surface area contributed by atoms with E-state index in [1.54, 1.807) is 6.92 Å². The van der Waals surface area contributed by atoms with Crippen molar-refractivity contribution in [2.45, 2.75) is 20.3 Å². The molecule has 1 aromatic rings. The first-order chi connectivity index (χ1) is 9.36. The molecule has 1 aliphatic carbocycles. The van der Waals surface area contributed by atoms with E-state index in [1.165, 1.54) is 14.0 Å². The van der Waals surface area contributed by atoms with Gasteiger partial charge in [0, 0.05) is 11.1 Å². The molecule has 0 atom stereocenters. The molecular weight excluding hydrogens is 264 g/mol. The van der Waals surface area contributed by atoms with Crippen LogP contribution in [0.25, 0.3) is 0 Å². The lowest BCUT2D eigenvalue weighted by atomic mass is 9.85. The molecule has 0 bridgehead atoms. The smallest absolute Gasteiger partial charge is 0.232 e. The summed E-state index contributed by atoms with van der Waals surface area (Å²) in [6.07, 6.45) is 0.194.